The lowest BCUT2D eigenvalue weighted by atomic mass is 10.1. The summed E-state index contributed by atoms with van der Waals surface area (Å²) < 4.78 is 0. The molecule has 42 heavy (non-hydrogen) atoms. The second-order valence-electron chi connectivity index (χ2n) is 9.29. The topological polar surface area (TPSA) is 104 Å². The normalized spacial score (nSPS) is 11.7. The Morgan fingerprint density at radius 3 is 2.12 bits per heavy atom. The lowest BCUT2D eigenvalue weighted by molar-refractivity contribution is -0.115. The van der Waals surface area contributed by atoms with Crippen LogP contribution in [0.2, 0.25) is 5.02 Å². The predicted octanol–water partition coefficient (Wildman–Crippen LogP) is 7.07. The summed E-state index contributed by atoms with van der Waals surface area (Å²) >= 11 is 7.33. The van der Waals surface area contributed by atoms with Crippen LogP contribution < -0.4 is 16.0 Å². The van der Waals surface area contributed by atoms with Gasteiger partial charge in [0.2, 0.25) is 5.91 Å². The van der Waals surface area contributed by atoms with Crippen molar-refractivity contribution in [2.45, 2.75) is 24.0 Å². The first-order valence-electron chi connectivity index (χ1n) is 13.0. The van der Waals surface area contributed by atoms with Gasteiger partial charge in [-0.3, -0.25) is 19.2 Å². The Morgan fingerprint density at radius 1 is 0.762 bits per heavy atom. The molecule has 0 bridgehead atoms. The molecule has 3 N–H and O–H groups in total. The molecule has 1 atom stereocenters. The number of amides is 3. The van der Waals surface area contributed by atoms with Crippen molar-refractivity contribution in [3.63, 3.8) is 0 Å². The Kier molecular flexibility index (Phi) is 10.3. The van der Waals surface area contributed by atoms with Crippen LogP contribution in [0.1, 0.15) is 40.1 Å². The van der Waals surface area contributed by atoms with Crippen molar-refractivity contribution in [3.05, 3.63) is 131 Å². The van der Waals surface area contributed by atoms with Gasteiger partial charge in [-0.25, -0.2) is 0 Å². The zero-order chi connectivity index (χ0) is 30.1. The maximum Gasteiger partial charge on any atom is 0.272 e. The molecule has 4 aromatic rings. The quantitative estimate of drug-likeness (QED) is 0.103. The van der Waals surface area contributed by atoms with Crippen molar-refractivity contribution < 1.29 is 19.2 Å². The molecule has 4 rings (SSSR count). The van der Waals surface area contributed by atoms with Gasteiger partial charge in [-0.15, -0.1) is 11.8 Å². The van der Waals surface area contributed by atoms with Gasteiger partial charge in [0.05, 0.1) is 5.25 Å². The van der Waals surface area contributed by atoms with E-state index in [1.165, 1.54) is 18.7 Å². The molecule has 0 saturated heterocycles. The van der Waals surface area contributed by atoms with Gasteiger partial charge in [-0.05, 0) is 92.2 Å². The molecule has 7 nitrogen and oxygen atoms in total. The monoisotopic (exact) mass is 597 g/mol. The number of carbonyl (C=O) groups excluding carboxylic acids is 4. The second-order valence-corrected chi connectivity index (χ2v) is 11.1. The molecule has 212 valence electrons. The fourth-order valence-electron chi connectivity index (χ4n) is 3.80. The van der Waals surface area contributed by atoms with Crippen LogP contribution in [-0.4, -0.2) is 28.8 Å². The first-order valence-corrected chi connectivity index (χ1v) is 14.3. The standard InChI is InChI=1S/C33H28ClN3O4S/c1-21(38)24-13-17-27(18-14-24)35-31(39)22(2)42-29-10-6-9-28(20-29)36-33(41)30(19-23-11-15-26(34)16-12-23)37-32(40)25-7-4-3-5-8-25/h3-20,22H,1-2H3,(H,35,39)(H,36,41)(H,37,40)/b30-19-. The summed E-state index contributed by atoms with van der Waals surface area (Å²) in [7, 11) is 0. The fraction of sp³-hybridized carbons (Fsp3) is 0.0909. The number of Topliss-reactive ketones (excluding diaryl/α,β-unsaturated/α-hetero) is 1. The number of benzene rings is 4. The number of hydrogen-bond donors (Lipinski definition) is 3. The van der Waals surface area contributed by atoms with Gasteiger partial charge in [0.25, 0.3) is 11.8 Å². The largest absolute Gasteiger partial charge is 0.325 e. The maximum absolute atomic E-state index is 13.3. The minimum absolute atomic E-state index is 0.0464. The van der Waals surface area contributed by atoms with Gasteiger partial charge in [0, 0.05) is 32.4 Å². The molecule has 0 radical (unpaired) electrons. The summed E-state index contributed by atoms with van der Waals surface area (Å²) in [5, 5.41) is 8.50. The molecule has 9 heteroatoms. The van der Waals surface area contributed by atoms with Crippen LogP contribution >= 0.6 is 23.4 Å². The number of anilines is 2. The molecule has 0 heterocycles. The highest BCUT2D eigenvalue weighted by Gasteiger charge is 2.17. The SMILES string of the molecule is CC(=O)c1ccc(NC(=O)C(C)Sc2cccc(NC(=O)/C(=C/c3ccc(Cl)cc3)NC(=O)c3ccccc3)c2)cc1. The van der Waals surface area contributed by atoms with Crippen LogP contribution in [0, 0.1) is 0 Å². The van der Waals surface area contributed by atoms with E-state index in [-0.39, 0.29) is 17.4 Å². The van der Waals surface area contributed by atoms with E-state index in [4.69, 9.17) is 11.6 Å². The van der Waals surface area contributed by atoms with E-state index in [1.807, 2.05) is 6.07 Å². The lowest BCUT2D eigenvalue weighted by Gasteiger charge is -2.14. The van der Waals surface area contributed by atoms with Gasteiger partial charge in [-0.2, -0.15) is 0 Å². The molecule has 4 aromatic carbocycles. The third kappa shape index (κ3) is 8.67. The van der Waals surface area contributed by atoms with E-state index in [1.54, 1.807) is 110 Å². The van der Waals surface area contributed by atoms with Gasteiger partial charge < -0.3 is 16.0 Å². The summed E-state index contributed by atoms with van der Waals surface area (Å²) in [6, 6.07) is 29.3. The number of hydrogen-bond acceptors (Lipinski definition) is 5. The molecule has 0 aliphatic heterocycles. The average molecular weight is 598 g/mol. The van der Waals surface area contributed by atoms with Crippen LogP contribution in [-0.2, 0) is 9.59 Å². The number of carbonyl (C=O) groups is 4. The van der Waals surface area contributed by atoms with Crippen molar-refractivity contribution in [3.8, 4) is 0 Å². The van der Waals surface area contributed by atoms with Crippen LogP contribution in [0.25, 0.3) is 6.08 Å². The first kappa shape index (κ1) is 30.3. The number of rotatable bonds is 10. The van der Waals surface area contributed by atoms with Crippen molar-refractivity contribution in [1.29, 1.82) is 0 Å². The molecule has 0 aromatic heterocycles. The van der Waals surface area contributed by atoms with Crippen molar-refractivity contribution in [1.82, 2.24) is 5.32 Å². The number of halogens is 1. The predicted molar refractivity (Wildman–Crippen MR) is 169 cm³/mol. The Bertz CT molecular complexity index is 1620. The Hall–Kier alpha value is -4.66. The van der Waals surface area contributed by atoms with Crippen LogP contribution in [0.4, 0.5) is 11.4 Å². The highest BCUT2D eigenvalue weighted by molar-refractivity contribution is 8.00. The molecule has 1 unspecified atom stereocenters. The van der Waals surface area contributed by atoms with Crippen molar-refractivity contribution in [2.75, 3.05) is 10.6 Å². The molecular formula is C33H28ClN3O4S. The fourth-order valence-corrected chi connectivity index (χ4v) is 4.86. The Balaban J connectivity index is 1.45. The summed E-state index contributed by atoms with van der Waals surface area (Å²) in [5.41, 5.74) is 2.79. The first-order chi connectivity index (χ1) is 20.2. The van der Waals surface area contributed by atoms with Gasteiger partial charge in [0.1, 0.15) is 5.70 Å². The van der Waals surface area contributed by atoms with E-state index >= 15 is 0 Å². The highest BCUT2D eigenvalue weighted by atomic mass is 35.5. The molecule has 0 saturated carbocycles. The molecule has 0 aliphatic rings. The smallest absolute Gasteiger partial charge is 0.272 e. The average Bonchev–Trinajstić information content (AvgIpc) is 2.98. The summed E-state index contributed by atoms with van der Waals surface area (Å²) in [6.45, 7) is 3.27. The highest BCUT2D eigenvalue weighted by Crippen LogP contribution is 2.27. The molecule has 0 aliphatic carbocycles. The maximum atomic E-state index is 13.3. The minimum atomic E-state index is -0.517. The van der Waals surface area contributed by atoms with Crippen molar-refractivity contribution in [2.24, 2.45) is 0 Å². The summed E-state index contributed by atoms with van der Waals surface area (Å²) in [4.78, 5) is 51.2. The summed E-state index contributed by atoms with van der Waals surface area (Å²) in [5.74, 6) is -1.20. The van der Waals surface area contributed by atoms with Gasteiger partial charge in [-0.1, -0.05) is 48.0 Å². The van der Waals surface area contributed by atoms with Crippen LogP contribution in [0.5, 0.6) is 0 Å². The third-order valence-electron chi connectivity index (χ3n) is 6.04. The Morgan fingerprint density at radius 2 is 1.45 bits per heavy atom. The van der Waals surface area contributed by atoms with E-state index < -0.39 is 17.1 Å². The zero-order valence-corrected chi connectivity index (χ0v) is 24.5. The molecule has 3 amide bonds. The van der Waals surface area contributed by atoms with E-state index in [2.05, 4.69) is 16.0 Å². The van der Waals surface area contributed by atoms with E-state index in [9.17, 15) is 19.2 Å². The minimum Gasteiger partial charge on any atom is -0.325 e. The third-order valence-corrected chi connectivity index (χ3v) is 7.39. The number of nitrogens with one attached hydrogen (secondary N) is 3. The molecular weight excluding hydrogens is 570 g/mol. The second kappa shape index (κ2) is 14.3. The van der Waals surface area contributed by atoms with E-state index in [0.29, 0.717) is 33.1 Å². The molecule has 0 fully saturated rings. The molecule has 0 spiro atoms. The van der Waals surface area contributed by atoms with E-state index in [0.717, 1.165) is 4.90 Å². The van der Waals surface area contributed by atoms with Crippen LogP contribution in [0.15, 0.2) is 114 Å². The van der Waals surface area contributed by atoms with Gasteiger partial charge in [0.15, 0.2) is 5.78 Å². The van der Waals surface area contributed by atoms with Crippen molar-refractivity contribution >= 4 is 64.3 Å². The summed E-state index contributed by atoms with van der Waals surface area (Å²) in [6.07, 6.45) is 1.57. The number of ketones is 1. The number of thioether (sulfide) groups is 1. The van der Waals surface area contributed by atoms with Crippen LogP contribution in [0.3, 0.4) is 0 Å². The zero-order valence-electron chi connectivity index (χ0n) is 22.9. The lowest BCUT2D eigenvalue weighted by Crippen LogP contribution is -2.30. The Labute approximate surface area is 253 Å². The van der Waals surface area contributed by atoms with Gasteiger partial charge >= 0.3 is 0 Å².